The molecule has 0 radical (unpaired) electrons. The van der Waals surface area contributed by atoms with Crippen molar-refractivity contribution in [3.05, 3.63) is 16.4 Å². The maximum absolute atomic E-state index is 4.35. The molecule has 13 heavy (non-hydrogen) atoms. The van der Waals surface area contributed by atoms with Gasteiger partial charge in [0.1, 0.15) is 5.82 Å². The molecular formula is C9H13N3S. The van der Waals surface area contributed by atoms with Crippen molar-refractivity contribution in [1.82, 2.24) is 14.6 Å². The van der Waals surface area contributed by atoms with Crippen LogP contribution in [0.3, 0.4) is 0 Å². The Morgan fingerprint density at radius 2 is 2.00 bits per heavy atom. The van der Waals surface area contributed by atoms with Crippen LogP contribution in [0.2, 0.25) is 0 Å². The second-order valence-electron chi connectivity index (χ2n) is 3.56. The highest BCUT2D eigenvalue weighted by Crippen LogP contribution is 2.27. The van der Waals surface area contributed by atoms with Crippen LogP contribution in [-0.2, 0) is 0 Å². The van der Waals surface area contributed by atoms with Crippen LogP contribution >= 0.6 is 11.3 Å². The van der Waals surface area contributed by atoms with Crippen LogP contribution in [-0.4, -0.2) is 14.6 Å². The summed E-state index contributed by atoms with van der Waals surface area (Å²) in [6.45, 7) is 8.43. The summed E-state index contributed by atoms with van der Waals surface area (Å²) in [6, 6.07) is 0. The Bertz CT molecular complexity index is 439. The summed E-state index contributed by atoms with van der Waals surface area (Å²) in [5, 5.41) is 4.33. The zero-order chi connectivity index (χ0) is 9.59. The van der Waals surface area contributed by atoms with Crippen molar-refractivity contribution >= 4 is 16.3 Å². The molecule has 2 aromatic heterocycles. The molecule has 70 valence electrons. The summed E-state index contributed by atoms with van der Waals surface area (Å²) in [5.41, 5.74) is 1.23. The lowest BCUT2D eigenvalue weighted by molar-refractivity contribution is 0.834. The first kappa shape index (κ1) is 8.69. The number of aryl methyl sites for hydroxylation is 2. The predicted molar refractivity (Wildman–Crippen MR) is 54.4 cm³/mol. The summed E-state index contributed by atoms with van der Waals surface area (Å²) in [7, 11) is 0. The molecule has 3 nitrogen and oxygen atoms in total. The number of fused-ring (bicyclic) bond motifs is 1. The third kappa shape index (κ3) is 1.25. The van der Waals surface area contributed by atoms with E-state index >= 15 is 0 Å². The maximum Gasteiger partial charge on any atom is 0.212 e. The van der Waals surface area contributed by atoms with E-state index in [-0.39, 0.29) is 0 Å². The summed E-state index contributed by atoms with van der Waals surface area (Å²) >= 11 is 1.74. The second-order valence-corrected chi connectivity index (χ2v) is 4.57. The number of aromatic nitrogens is 3. The Morgan fingerprint density at radius 1 is 1.31 bits per heavy atom. The fourth-order valence-electron chi connectivity index (χ4n) is 1.49. The lowest BCUT2D eigenvalue weighted by Crippen LogP contribution is -1.92. The van der Waals surface area contributed by atoms with E-state index in [2.05, 4.69) is 30.9 Å². The van der Waals surface area contributed by atoms with Crippen LogP contribution in [0, 0.1) is 13.8 Å². The average Bonchev–Trinajstić information content (AvgIpc) is 2.51. The van der Waals surface area contributed by atoms with Crippen molar-refractivity contribution in [2.24, 2.45) is 0 Å². The first-order valence-electron chi connectivity index (χ1n) is 4.42. The summed E-state index contributed by atoms with van der Waals surface area (Å²) < 4.78 is 1.94. The summed E-state index contributed by atoms with van der Waals surface area (Å²) in [5.74, 6) is 1.42. The van der Waals surface area contributed by atoms with Crippen molar-refractivity contribution in [3.8, 4) is 0 Å². The molecule has 0 aliphatic carbocycles. The third-order valence-electron chi connectivity index (χ3n) is 2.08. The highest BCUT2D eigenvalue weighted by atomic mass is 32.1. The van der Waals surface area contributed by atoms with Crippen molar-refractivity contribution in [1.29, 1.82) is 0 Å². The van der Waals surface area contributed by atoms with Gasteiger partial charge in [0.15, 0.2) is 0 Å². The number of rotatable bonds is 1. The van der Waals surface area contributed by atoms with Gasteiger partial charge in [0.25, 0.3) is 0 Å². The smallest absolute Gasteiger partial charge is 0.208 e. The molecule has 0 fully saturated rings. The molecule has 0 aliphatic heterocycles. The topological polar surface area (TPSA) is 30.2 Å². The normalized spacial score (nSPS) is 11.8. The minimum Gasteiger partial charge on any atom is -0.208 e. The lowest BCUT2D eigenvalue weighted by Gasteiger charge is -2.00. The van der Waals surface area contributed by atoms with Gasteiger partial charge in [-0.25, -0.2) is 9.50 Å². The van der Waals surface area contributed by atoms with E-state index in [1.165, 1.54) is 10.6 Å². The van der Waals surface area contributed by atoms with E-state index in [1.807, 2.05) is 11.4 Å². The van der Waals surface area contributed by atoms with Crippen LogP contribution in [0.15, 0.2) is 0 Å². The van der Waals surface area contributed by atoms with Gasteiger partial charge >= 0.3 is 0 Å². The first-order chi connectivity index (χ1) is 6.09. The lowest BCUT2D eigenvalue weighted by atomic mass is 10.1. The molecule has 0 saturated carbocycles. The minimum atomic E-state index is 0.564. The van der Waals surface area contributed by atoms with Crippen LogP contribution in [0.25, 0.3) is 4.96 Å². The Morgan fingerprint density at radius 3 is 2.54 bits per heavy atom. The molecule has 0 aromatic carbocycles. The Balaban J connectivity index is 2.69. The van der Waals surface area contributed by atoms with Crippen LogP contribution < -0.4 is 0 Å². The van der Waals surface area contributed by atoms with Gasteiger partial charge in [-0.15, -0.1) is 0 Å². The quantitative estimate of drug-likeness (QED) is 0.700. The van der Waals surface area contributed by atoms with Gasteiger partial charge in [-0.2, -0.15) is 5.10 Å². The van der Waals surface area contributed by atoms with Gasteiger partial charge in [-0.3, -0.25) is 0 Å². The monoisotopic (exact) mass is 195 g/mol. The molecule has 0 atom stereocenters. The largest absolute Gasteiger partial charge is 0.212 e. The molecule has 0 aliphatic rings. The van der Waals surface area contributed by atoms with Gasteiger partial charge in [0.2, 0.25) is 4.96 Å². The van der Waals surface area contributed by atoms with E-state index in [9.17, 15) is 0 Å². The van der Waals surface area contributed by atoms with E-state index in [0.717, 1.165) is 10.8 Å². The second kappa shape index (κ2) is 2.80. The van der Waals surface area contributed by atoms with E-state index in [4.69, 9.17) is 0 Å². The van der Waals surface area contributed by atoms with Crippen LogP contribution in [0.1, 0.15) is 36.2 Å². The Hall–Kier alpha value is -0.900. The van der Waals surface area contributed by atoms with Gasteiger partial charge < -0.3 is 0 Å². The zero-order valence-corrected chi connectivity index (χ0v) is 9.14. The van der Waals surface area contributed by atoms with Crippen molar-refractivity contribution < 1.29 is 0 Å². The van der Waals surface area contributed by atoms with Crippen LogP contribution in [0.5, 0.6) is 0 Å². The van der Waals surface area contributed by atoms with Gasteiger partial charge in [0.05, 0.1) is 5.69 Å². The van der Waals surface area contributed by atoms with E-state index in [0.29, 0.717) is 5.92 Å². The summed E-state index contributed by atoms with van der Waals surface area (Å²) in [4.78, 5) is 6.74. The standard InChI is InChI=1S/C9H13N3S/c1-5(2)8-6(3)12-9(13-8)10-7(4)11-12/h5H,1-4H3. The third-order valence-corrected chi connectivity index (χ3v) is 3.52. The predicted octanol–water partition coefficient (Wildman–Crippen LogP) is 2.53. The van der Waals surface area contributed by atoms with Crippen molar-refractivity contribution in [3.63, 3.8) is 0 Å². The molecule has 2 heterocycles. The highest BCUT2D eigenvalue weighted by molar-refractivity contribution is 7.17. The molecule has 0 saturated heterocycles. The minimum absolute atomic E-state index is 0.564. The van der Waals surface area contributed by atoms with Gasteiger partial charge in [-0.05, 0) is 19.8 Å². The molecule has 0 N–H and O–H groups in total. The average molecular weight is 195 g/mol. The summed E-state index contributed by atoms with van der Waals surface area (Å²) in [6.07, 6.45) is 0. The first-order valence-corrected chi connectivity index (χ1v) is 5.24. The SMILES string of the molecule is Cc1nc2sc(C(C)C)c(C)n2n1. The molecule has 0 amide bonds. The molecule has 2 aromatic rings. The van der Waals surface area contributed by atoms with Crippen molar-refractivity contribution in [2.45, 2.75) is 33.6 Å². The van der Waals surface area contributed by atoms with Crippen LogP contribution in [0.4, 0.5) is 0 Å². The van der Waals surface area contributed by atoms with Crippen molar-refractivity contribution in [2.75, 3.05) is 0 Å². The maximum atomic E-state index is 4.35. The fourth-order valence-corrected chi connectivity index (χ4v) is 2.60. The molecule has 0 unspecified atom stereocenters. The number of hydrogen-bond acceptors (Lipinski definition) is 3. The Labute approximate surface area is 81.4 Å². The number of hydrogen-bond donors (Lipinski definition) is 0. The number of nitrogens with zero attached hydrogens (tertiary/aromatic N) is 3. The van der Waals surface area contributed by atoms with Gasteiger partial charge in [-0.1, -0.05) is 25.2 Å². The van der Waals surface area contributed by atoms with E-state index < -0.39 is 0 Å². The molecule has 4 heteroatoms. The van der Waals surface area contributed by atoms with Gasteiger partial charge in [0, 0.05) is 4.88 Å². The molecule has 2 rings (SSSR count). The zero-order valence-electron chi connectivity index (χ0n) is 8.33. The Kier molecular flexibility index (Phi) is 1.87. The fraction of sp³-hybridized carbons (Fsp3) is 0.556. The molecule has 0 spiro atoms. The molecule has 0 bridgehead atoms. The van der Waals surface area contributed by atoms with E-state index in [1.54, 1.807) is 11.3 Å². The highest BCUT2D eigenvalue weighted by Gasteiger charge is 2.13. The molecular weight excluding hydrogens is 182 g/mol. The number of thiazole rings is 1.